The van der Waals surface area contributed by atoms with Crippen LogP contribution < -0.4 is 0 Å². The highest BCUT2D eigenvalue weighted by atomic mass is 16.2. The number of hydrogen-bond acceptors (Lipinski definition) is 3. The van der Waals surface area contributed by atoms with Gasteiger partial charge in [-0.15, -0.1) is 0 Å². The van der Waals surface area contributed by atoms with E-state index >= 15 is 0 Å². The molecule has 0 spiro atoms. The third kappa shape index (κ3) is 16.4. The predicted octanol–water partition coefficient (Wildman–Crippen LogP) is 6.28. The number of carbonyl (C=O) groups is 3. The van der Waals surface area contributed by atoms with Crippen molar-refractivity contribution in [3.8, 4) is 0 Å². The van der Waals surface area contributed by atoms with E-state index in [1.165, 1.54) is 19.1 Å². The molecule has 0 saturated carbocycles. The Kier molecular flexibility index (Phi) is 18.1. The monoisotopic (exact) mass is 492 g/mol. The van der Waals surface area contributed by atoms with Gasteiger partial charge in [-0.3, -0.25) is 14.4 Å². The summed E-state index contributed by atoms with van der Waals surface area (Å²) in [5.74, 6) is -0.192. The van der Waals surface area contributed by atoms with Gasteiger partial charge in [-0.05, 0) is 57.9 Å². The molecule has 1 fully saturated rings. The van der Waals surface area contributed by atoms with E-state index in [0.717, 1.165) is 44.9 Å². The van der Waals surface area contributed by atoms with Crippen LogP contribution in [0.1, 0.15) is 65.2 Å². The van der Waals surface area contributed by atoms with Gasteiger partial charge >= 0.3 is 0 Å². The van der Waals surface area contributed by atoms with Crippen molar-refractivity contribution in [1.29, 1.82) is 0 Å². The Morgan fingerprint density at radius 2 is 1.00 bits per heavy atom. The molecule has 1 heterocycles. The second-order valence-corrected chi connectivity index (χ2v) is 8.60. The Labute approximate surface area is 218 Å². The fraction of sp³-hybridized carbons (Fsp3) is 0.452. The van der Waals surface area contributed by atoms with Crippen LogP contribution in [0.4, 0.5) is 0 Å². The van der Waals surface area contributed by atoms with Gasteiger partial charge in [0.05, 0.1) is 0 Å². The number of piperazine rings is 1. The van der Waals surface area contributed by atoms with Crippen molar-refractivity contribution < 1.29 is 14.4 Å². The van der Waals surface area contributed by atoms with Gasteiger partial charge in [0, 0.05) is 38.7 Å². The van der Waals surface area contributed by atoms with Crippen molar-refractivity contribution >= 4 is 17.6 Å². The molecule has 5 heteroatoms. The maximum absolute atomic E-state index is 12.4. The number of ketones is 1. The van der Waals surface area contributed by atoms with E-state index in [-0.39, 0.29) is 17.6 Å². The Hall–Kier alpha value is -3.21. The SMILES string of the molecule is CC/C=C\C/C=C\C/C=C\C/C=C\C/C=C\C/C=C\CCC(=O)N1CCN(C(=O)/C=C/C(C)=O)CC1. The van der Waals surface area contributed by atoms with E-state index in [2.05, 4.69) is 79.8 Å². The summed E-state index contributed by atoms with van der Waals surface area (Å²) in [5.41, 5.74) is 0. The van der Waals surface area contributed by atoms with E-state index < -0.39 is 0 Å². The van der Waals surface area contributed by atoms with Crippen LogP contribution in [-0.4, -0.2) is 53.6 Å². The van der Waals surface area contributed by atoms with Gasteiger partial charge < -0.3 is 9.80 Å². The number of amides is 2. The average Bonchev–Trinajstić information content (AvgIpc) is 2.88. The predicted molar refractivity (Wildman–Crippen MR) is 150 cm³/mol. The molecule has 0 radical (unpaired) electrons. The number of rotatable bonds is 16. The van der Waals surface area contributed by atoms with E-state index in [1.807, 2.05) is 4.90 Å². The molecular weight excluding hydrogens is 448 g/mol. The molecule has 2 amide bonds. The molecule has 0 unspecified atom stereocenters. The minimum Gasteiger partial charge on any atom is -0.339 e. The average molecular weight is 493 g/mol. The van der Waals surface area contributed by atoms with Crippen LogP contribution in [0.2, 0.25) is 0 Å². The smallest absolute Gasteiger partial charge is 0.246 e. The Morgan fingerprint density at radius 1 is 0.583 bits per heavy atom. The van der Waals surface area contributed by atoms with Gasteiger partial charge in [-0.25, -0.2) is 0 Å². The Bertz CT molecular complexity index is 851. The molecule has 5 nitrogen and oxygen atoms in total. The van der Waals surface area contributed by atoms with Gasteiger partial charge in [-0.1, -0.05) is 79.8 Å². The first-order chi connectivity index (χ1) is 17.5. The molecule has 0 aromatic carbocycles. The van der Waals surface area contributed by atoms with E-state index in [1.54, 1.807) is 4.90 Å². The summed E-state index contributed by atoms with van der Waals surface area (Å²) in [6.45, 7) is 5.66. The summed E-state index contributed by atoms with van der Waals surface area (Å²) in [4.78, 5) is 38.8. The van der Waals surface area contributed by atoms with E-state index in [9.17, 15) is 14.4 Å². The van der Waals surface area contributed by atoms with Crippen LogP contribution in [0.15, 0.2) is 85.1 Å². The summed E-state index contributed by atoms with van der Waals surface area (Å²) in [6, 6.07) is 0. The number of allylic oxidation sites excluding steroid dienone is 13. The first kappa shape index (κ1) is 30.8. The maximum atomic E-state index is 12.4. The minimum absolute atomic E-state index is 0.126. The molecule has 1 aliphatic heterocycles. The maximum Gasteiger partial charge on any atom is 0.246 e. The molecule has 1 aliphatic rings. The summed E-state index contributed by atoms with van der Waals surface area (Å²) >= 11 is 0. The third-order valence-electron chi connectivity index (χ3n) is 5.53. The van der Waals surface area contributed by atoms with E-state index in [0.29, 0.717) is 32.6 Å². The minimum atomic E-state index is -0.171. The lowest BCUT2D eigenvalue weighted by atomic mass is 10.2. The standard InChI is InChI=1S/C31H44N2O3/c1-3-4-5-6-7-8-9-10-11-12-13-14-15-16-17-18-19-20-21-22-30(35)32-25-27-33(28-26-32)31(36)24-23-29(2)34/h4-5,7-8,10-11,13-14,16-17,19-20,23-24H,3,6,9,12,15,18,21-22,25-28H2,1-2H3/b5-4-,8-7-,11-10-,14-13-,17-16-,20-19-,24-23+. The molecule has 36 heavy (non-hydrogen) atoms. The van der Waals surface area contributed by atoms with E-state index in [4.69, 9.17) is 0 Å². The molecule has 0 aromatic rings. The molecule has 0 bridgehead atoms. The second-order valence-electron chi connectivity index (χ2n) is 8.60. The zero-order valence-corrected chi connectivity index (χ0v) is 22.2. The lowest BCUT2D eigenvalue weighted by molar-refractivity contribution is -0.137. The summed E-state index contributed by atoms with van der Waals surface area (Å²) in [5, 5.41) is 0. The van der Waals surface area contributed by atoms with Crippen molar-refractivity contribution in [3.05, 3.63) is 85.1 Å². The normalized spacial score (nSPS) is 15.4. The lowest BCUT2D eigenvalue weighted by Gasteiger charge is -2.34. The van der Waals surface area contributed by atoms with Crippen molar-refractivity contribution in [2.45, 2.75) is 65.2 Å². The molecule has 1 rings (SSSR count). The topological polar surface area (TPSA) is 57.7 Å². The van der Waals surface area contributed by atoms with Crippen molar-refractivity contribution in [1.82, 2.24) is 9.80 Å². The third-order valence-corrected chi connectivity index (χ3v) is 5.53. The molecule has 0 atom stereocenters. The highest BCUT2D eigenvalue weighted by Gasteiger charge is 2.22. The fourth-order valence-corrected chi connectivity index (χ4v) is 3.47. The lowest BCUT2D eigenvalue weighted by Crippen LogP contribution is -2.50. The molecular formula is C31H44N2O3. The molecule has 0 N–H and O–H groups in total. The van der Waals surface area contributed by atoms with Gasteiger partial charge in [-0.2, -0.15) is 0 Å². The zero-order chi connectivity index (χ0) is 26.3. The van der Waals surface area contributed by atoms with Crippen LogP contribution in [0, 0.1) is 0 Å². The number of hydrogen-bond donors (Lipinski definition) is 0. The van der Waals surface area contributed by atoms with Crippen LogP contribution in [0.3, 0.4) is 0 Å². The van der Waals surface area contributed by atoms with Crippen LogP contribution in [0.25, 0.3) is 0 Å². The van der Waals surface area contributed by atoms with Crippen molar-refractivity contribution in [2.75, 3.05) is 26.2 Å². The Morgan fingerprint density at radius 3 is 1.44 bits per heavy atom. The van der Waals surface area contributed by atoms with Gasteiger partial charge in [0.25, 0.3) is 0 Å². The molecule has 0 aromatic heterocycles. The van der Waals surface area contributed by atoms with Crippen molar-refractivity contribution in [3.63, 3.8) is 0 Å². The van der Waals surface area contributed by atoms with Gasteiger partial charge in [0.1, 0.15) is 0 Å². The van der Waals surface area contributed by atoms with Crippen LogP contribution >= 0.6 is 0 Å². The fourth-order valence-electron chi connectivity index (χ4n) is 3.47. The highest BCUT2D eigenvalue weighted by Crippen LogP contribution is 2.07. The zero-order valence-electron chi connectivity index (χ0n) is 22.2. The molecule has 1 saturated heterocycles. The quantitative estimate of drug-likeness (QED) is 0.188. The number of nitrogens with zero attached hydrogens (tertiary/aromatic N) is 2. The van der Waals surface area contributed by atoms with Gasteiger partial charge in [0.15, 0.2) is 5.78 Å². The number of carbonyl (C=O) groups excluding carboxylic acids is 3. The molecule has 0 aliphatic carbocycles. The van der Waals surface area contributed by atoms with Crippen LogP contribution in [0.5, 0.6) is 0 Å². The van der Waals surface area contributed by atoms with Crippen molar-refractivity contribution in [2.24, 2.45) is 0 Å². The van der Waals surface area contributed by atoms with Crippen LogP contribution in [-0.2, 0) is 14.4 Å². The summed E-state index contributed by atoms with van der Waals surface area (Å²) < 4.78 is 0. The Balaban J connectivity index is 2.07. The first-order valence-electron chi connectivity index (χ1n) is 13.2. The van der Waals surface area contributed by atoms with Gasteiger partial charge in [0.2, 0.25) is 11.8 Å². The largest absolute Gasteiger partial charge is 0.339 e. The summed E-state index contributed by atoms with van der Waals surface area (Å²) in [7, 11) is 0. The first-order valence-corrected chi connectivity index (χ1v) is 13.2. The molecule has 196 valence electrons. The highest BCUT2D eigenvalue weighted by molar-refractivity contribution is 5.96. The summed E-state index contributed by atoms with van der Waals surface area (Å²) in [6.07, 6.45) is 35.7. The second kappa shape index (κ2) is 21.1.